The fraction of sp³-hybridized carbons (Fsp3) is 0.300. The average Bonchev–Trinajstić information content (AvgIpc) is 2.55. The molecule has 0 aliphatic rings. The van der Waals surface area contributed by atoms with Gasteiger partial charge in [-0.2, -0.15) is 0 Å². The van der Waals surface area contributed by atoms with Crippen molar-refractivity contribution in [1.29, 1.82) is 0 Å². The van der Waals surface area contributed by atoms with Crippen molar-refractivity contribution in [2.45, 2.75) is 20.0 Å². The molecule has 4 heteroatoms. The van der Waals surface area contributed by atoms with Gasteiger partial charge in [-0.3, -0.25) is 14.6 Å². The predicted octanol–water partition coefficient (Wildman–Crippen LogP) is 0.808. The van der Waals surface area contributed by atoms with E-state index >= 15 is 0 Å². The quantitative estimate of drug-likeness (QED) is 0.737. The van der Waals surface area contributed by atoms with Gasteiger partial charge in [0.25, 0.3) is 5.56 Å². The van der Waals surface area contributed by atoms with Crippen molar-refractivity contribution in [3.05, 3.63) is 34.1 Å². The van der Waals surface area contributed by atoms with Crippen molar-refractivity contribution < 1.29 is 0 Å². The number of hydrogen-bond donors (Lipinski definition) is 2. The van der Waals surface area contributed by atoms with E-state index in [-0.39, 0.29) is 5.56 Å². The van der Waals surface area contributed by atoms with Crippen molar-refractivity contribution in [2.24, 2.45) is 5.73 Å². The Morgan fingerprint density at radius 2 is 2.29 bits per heavy atom. The zero-order valence-electron chi connectivity index (χ0n) is 8.08. The van der Waals surface area contributed by atoms with E-state index in [2.05, 4.69) is 5.10 Å². The van der Waals surface area contributed by atoms with Crippen LogP contribution in [0.15, 0.2) is 23.0 Å². The number of fused-ring (bicyclic) bond motifs is 1. The van der Waals surface area contributed by atoms with Crippen molar-refractivity contribution >= 4 is 10.9 Å². The molecule has 3 N–H and O–H groups in total. The van der Waals surface area contributed by atoms with Gasteiger partial charge < -0.3 is 5.73 Å². The standard InChI is InChI=1S/C10H13N3O/c1-2-13-10(14)9-7(6-11)4-3-5-8(9)12-13/h3-5,12H,2,6,11H2,1H3. The number of nitrogens with two attached hydrogens (primary N) is 1. The van der Waals surface area contributed by atoms with Crippen LogP contribution in [0.4, 0.5) is 0 Å². The highest BCUT2D eigenvalue weighted by molar-refractivity contribution is 5.81. The van der Waals surface area contributed by atoms with Gasteiger partial charge in [0, 0.05) is 13.1 Å². The van der Waals surface area contributed by atoms with E-state index in [4.69, 9.17) is 5.73 Å². The van der Waals surface area contributed by atoms with Gasteiger partial charge in [-0.1, -0.05) is 12.1 Å². The molecule has 0 fully saturated rings. The van der Waals surface area contributed by atoms with Gasteiger partial charge in [-0.15, -0.1) is 0 Å². The second-order valence-corrected chi connectivity index (χ2v) is 3.21. The van der Waals surface area contributed by atoms with Crippen LogP contribution in [-0.2, 0) is 13.1 Å². The molecule has 2 rings (SSSR count). The average molecular weight is 191 g/mol. The Morgan fingerprint density at radius 1 is 1.50 bits per heavy atom. The minimum absolute atomic E-state index is 0.0172. The van der Waals surface area contributed by atoms with E-state index in [9.17, 15) is 4.79 Å². The molecule has 1 heterocycles. The molecule has 0 aliphatic heterocycles. The van der Waals surface area contributed by atoms with Crippen LogP contribution in [0.1, 0.15) is 12.5 Å². The second kappa shape index (κ2) is 3.31. The van der Waals surface area contributed by atoms with Crippen LogP contribution in [0.25, 0.3) is 10.9 Å². The second-order valence-electron chi connectivity index (χ2n) is 3.21. The van der Waals surface area contributed by atoms with E-state index in [1.807, 2.05) is 25.1 Å². The minimum Gasteiger partial charge on any atom is -0.326 e. The summed E-state index contributed by atoms with van der Waals surface area (Å²) in [5.41, 5.74) is 7.35. The molecule has 0 aliphatic carbocycles. The van der Waals surface area contributed by atoms with Crippen LogP contribution in [0.3, 0.4) is 0 Å². The molecule has 14 heavy (non-hydrogen) atoms. The fourth-order valence-corrected chi connectivity index (χ4v) is 1.67. The van der Waals surface area contributed by atoms with Gasteiger partial charge in [-0.25, -0.2) is 0 Å². The molecule has 0 saturated carbocycles. The number of hydrogen-bond acceptors (Lipinski definition) is 2. The third-order valence-corrected chi connectivity index (χ3v) is 2.40. The molecular weight excluding hydrogens is 178 g/mol. The topological polar surface area (TPSA) is 63.8 Å². The number of aromatic nitrogens is 2. The van der Waals surface area contributed by atoms with Crippen molar-refractivity contribution in [2.75, 3.05) is 0 Å². The van der Waals surface area contributed by atoms with Gasteiger partial charge in [0.15, 0.2) is 0 Å². The molecule has 0 bridgehead atoms. The lowest BCUT2D eigenvalue weighted by Crippen LogP contribution is -2.16. The zero-order valence-corrected chi connectivity index (χ0v) is 8.08. The summed E-state index contributed by atoms with van der Waals surface area (Å²) in [6, 6.07) is 5.68. The molecule has 0 amide bonds. The molecule has 0 unspecified atom stereocenters. The van der Waals surface area contributed by atoms with Crippen molar-refractivity contribution in [3.8, 4) is 0 Å². The summed E-state index contributed by atoms with van der Waals surface area (Å²) in [5.74, 6) is 0. The monoisotopic (exact) mass is 191 g/mol. The highest BCUT2D eigenvalue weighted by Crippen LogP contribution is 2.12. The molecule has 0 spiro atoms. The number of benzene rings is 1. The maximum Gasteiger partial charge on any atom is 0.274 e. The summed E-state index contributed by atoms with van der Waals surface area (Å²) in [6.07, 6.45) is 0. The Bertz CT molecular complexity index is 510. The van der Waals surface area contributed by atoms with Crippen LogP contribution < -0.4 is 11.3 Å². The first-order valence-corrected chi connectivity index (χ1v) is 4.68. The number of nitrogens with one attached hydrogen (secondary N) is 1. The van der Waals surface area contributed by atoms with Crippen LogP contribution in [-0.4, -0.2) is 9.78 Å². The number of H-pyrrole nitrogens is 1. The molecule has 1 aromatic heterocycles. The molecule has 0 radical (unpaired) electrons. The highest BCUT2D eigenvalue weighted by atomic mass is 16.1. The number of aryl methyl sites for hydroxylation is 1. The van der Waals surface area contributed by atoms with Crippen LogP contribution in [0.2, 0.25) is 0 Å². The molecule has 74 valence electrons. The maximum absolute atomic E-state index is 11.8. The number of rotatable bonds is 2. The summed E-state index contributed by atoms with van der Waals surface area (Å²) in [4.78, 5) is 11.8. The van der Waals surface area contributed by atoms with Crippen LogP contribution >= 0.6 is 0 Å². The summed E-state index contributed by atoms with van der Waals surface area (Å²) in [6.45, 7) is 2.98. The number of nitrogens with zero attached hydrogens (tertiary/aromatic N) is 1. The third-order valence-electron chi connectivity index (χ3n) is 2.40. The smallest absolute Gasteiger partial charge is 0.274 e. The summed E-state index contributed by atoms with van der Waals surface area (Å²) < 4.78 is 1.59. The number of aromatic amines is 1. The van der Waals surface area contributed by atoms with Crippen molar-refractivity contribution in [1.82, 2.24) is 9.78 Å². The first-order chi connectivity index (χ1) is 6.77. The van der Waals surface area contributed by atoms with Gasteiger partial charge in [0.1, 0.15) is 0 Å². The molecular formula is C10H13N3O. The Morgan fingerprint density at radius 3 is 2.93 bits per heavy atom. The Kier molecular flexibility index (Phi) is 2.13. The Balaban J connectivity index is 2.86. The fourth-order valence-electron chi connectivity index (χ4n) is 1.67. The van der Waals surface area contributed by atoms with Crippen molar-refractivity contribution in [3.63, 3.8) is 0 Å². The first-order valence-electron chi connectivity index (χ1n) is 4.68. The maximum atomic E-state index is 11.8. The van der Waals surface area contributed by atoms with Gasteiger partial charge >= 0.3 is 0 Å². The molecule has 0 saturated heterocycles. The summed E-state index contributed by atoms with van der Waals surface area (Å²) >= 11 is 0. The van der Waals surface area contributed by atoms with Gasteiger partial charge in [0.05, 0.1) is 10.9 Å². The molecule has 4 nitrogen and oxygen atoms in total. The zero-order chi connectivity index (χ0) is 10.1. The molecule has 1 aromatic carbocycles. The third kappa shape index (κ3) is 1.15. The largest absolute Gasteiger partial charge is 0.326 e. The minimum atomic E-state index is 0.0172. The van der Waals surface area contributed by atoms with E-state index in [1.165, 1.54) is 0 Å². The summed E-state index contributed by atoms with van der Waals surface area (Å²) in [7, 11) is 0. The van der Waals surface area contributed by atoms with E-state index in [0.29, 0.717) is 13.1 Å². The SMILES string of the molecule is CCn1[nH]c2cccc(CN)c2c1=O. The summed E-state index contributed by atoms with van der Waals surface area (Å²) in [5, 5.41) is 3.76. The van der Waals surface area contributed by atoms with E-state index < -0.39 is 0 Å². The Hall–Kier alpha value is -1.55. The highest BCUT2D eigenvalue weighted by Gasteiger charge is 2.08. The lowest BCUT2D eigenvalue weighted by atomic mass is 10.1. The molecule has 0 atom stereocenters. The normalized spacial score (nSPS) is 11.0. The van der Waals surface area contributed by atoms with E-state index in [1.54, 1.807) is 4.68 Å². The van der Waals surface area contributed by atoms with Gasteiger partial charge in [-0.05, 0) is 18.6 Å². The predicted molar refractivity (Wildman–Crippen MR) is 56.1 cm³/mol. The van der Waals surface area contributed by atoms with E-state index in [0.717, 1.165) is 16.5 Å². The van der Waals surface area contributed by atoms with Gasteiger partial charge in [0.2, 0.25) is 0 Å². The Labute approximate surface area is 81.3 Å². The molecule has 2 aromatic rings. The lowest BCUT2D eigenvalue weighted by molar-refractivity contribution is 0.646. The van der Waals surface area contributed by atoms with Crippen LogP contribution in [0, 0.1) is 0 Å². The first kappa shape index (κ1) is 9.02. The van der Waals surface area contributed by atoms with Crippen LogP contribution in [0.5, 0.6) is 0 Å². The lowest BCUT2D eigenvalue weighted by Gasteiger charge is -1.95.